The molecule has 13 heavy (non-hydrogen) atoms. The lowest BCUT2D eigenvalue weighted by molar-refractivity contribution is -0.104. The molecule has 1 heterocycles. The van der Waals surface area contributed by atoms with Crippen LogP contribution in [0.5, 0.6) is 0 Å². The molecule has 0 fully saturated rings. The second-order valence-corrected chi connectivity index (χ2v) is 2.04. The summed E-state index contributed by atoms with van der Waals surface area (Å²) in [6.07, 6.45) is 2.30. The van der Waals surface area contributed by atoms with E-state index >= 15 is 0 Å². The fourth-order valence-electron chi connectivity index (χ4n) is 0.695. The monoisotopic (exact) mass is 183 g/mol. The smallest absolute Gasteiger partial charge is 0.299 e. The molecule has 0 aromatic carbocycles. The molecule has 0 bridgehead atoms. The first-order chi connectivity index (χ1) is 6.15. The molecule has 0 amide bonds. The van der Waals surface area contributed by atoms with Crippen LogP contribution in [-0.2, 0) is 4.79 Å². The normalized spacial score (nSPS) is 10.5. The molecule has 2 N–H and O–H groups in total. The third kappa shape index (κ3) is 1.89. The van der Waals surface area contributed by atoms with Crippen molar-refractivity contribution in [2.45, 2.75) is 0 Å². The zero-order valence-corrected chi connectivity index (χ0v) is 6.31. The van der Waals surface area contributed by atoms with Crippen molar-refractivity contribution in [3.8, 4) is 0 Å². The van der Waals surface area contributed by atoms with Crippen molar-refractivity contribution >= 4 is 12.5 Å². The summed E-state index contributed by atoms with van der Waals surface area (Å²) in [5, 5.41) is 0. The number of nitrogens with zero attached hydrogens (tertiary/aromatic N) is 1. The molecule has 0 saturated heterocycles. The van der Waals surface area contributed by atoms with Crippen molar-refractivity contribution in [2.24, 2.45) is 0 Å². The van der Waals surface area contributed by atoms with Crippen LogP contribution in [0, 0.1) is 0 Å². The Balaban J connectivity index is 3.47. The van der Waals surface area contributed by atoms with Gasteiger partial charge in [-0.1, -0.05) is 0 Å². The average molecular weight is 183 g/mol. The number of nitrogens with one attached hydrogen (secondary N) is 2. The van der Waals surface area contributed by atoms with Crippen LogP contribution < -0.4 is 17.1 Å². The van der Waals surface area contributed by atoms with E-state index in [1.54, 1.807) is 0 Å². The van der Waals surface area contributed by atoms with Gasteiger partial charge in [-0.2, -0.15) is 0 Å². The fraction of sp³-hybridized carbons (Fsp3) is 0. The summed E-state index contributed by atoms with van der Waals surface area (Å²) in [6, 6.07) is 0. The van der Waals surface area contributed by atoms with Gasteiger partial charge in [0.2, 0.25) is 0 Å². The minimum absolute atomic E-state index is 0.400. The van der Waals surface area contributed by atoms with Crippen molar-refractivity contribution < 1.29 is 4.79 Å². The van der Waals surface area contributed by atoms with E-state index in [1.165, 1.54) is 0 Å². The lowest BCUT2D eigenvalue weighted by Crippen LogP contribution is -2.40. The maximum Gasteiger partial charge on any atom is 0.337 e. The first-order valence-electron chi connectivity index (χ1n) is 3.22. The Morgan fingerprint density at radius 2 is 1.62 bits per heavy atom. The number of aromatic amines is 2. The van der Waals surface area contributed by atoms with Crippen LogP contribution in [-0.4, -0.2) is 20.8 Å². The zero-order valence-electron chi connectivity index (χ0n) is 6.31. The molecule has 68 valence electrons. The van der Waals surface area contributed by atoms with Gasteiger partial charge in [0.25, 0.3) is 0 Å². The molecule has 1 aromatic rings. The number of allylic oxidation sites excluding steroid dienone is 1. The number of aromatic nitrogens is 3. The van der Waals surface area contributed by atoms with Crippen LogP contribution >= 0.6 is 0 Å². The maximum atomic E-state index is 10.9. The molecule has 0 radical (unpaired) electrons. The van der Waals surface area contributed by atoms with E-state index in [0.29, 0.717) is 10.9 Å². The molecule has 0 aliphatic heterocycles. The zero-order chi connectivity index (χ0) is 9.84. The number of hydrogen-bond donors (Lipinski definition) is 2. The van der Waals surface area contributed by atoms with E-state index in [0.717, 1.165) is 12.3 Å². The SMILES string of the molecule is O=C/C=C/n1c(=O)[nH]c(=O)[nH]c1=O. The van der Waals surface area contributed by atoms with Gasteiger partial charge in [-0.05, 0) is 6.08 Å². The van der Waals surface area contributed by atoms with Gasteiger partial charge in [-0.15, -0.1) is 0 Å². The van der Waals surface area contributed by atoms with E-state index < -0.39 is 17.1 Å². The van der Waals surface area contributed by atoms with Crippen molar-refractivity contribution in [2.75, 3.05) is 0 Å². The van der Waals surface area contributed by atoms with Crippen molar-refractivity contribution in [3.05, 3.63) is 37.5 Å². The number of hydrogen-bond acceptors (Lipinski definition) is 4. The molecule has 0 aliphatic carbocycles. The second kappa shape index (κ2) is 3.48. The largest absolute Gasteiger partial charge is 0.337 e. The third-order valence-electron chi connectivity index (χ3n) is 1.19. The average Bonchev–Trinajstić information content (AvgIpc) is 2.02. The van der Waals surface area contributed by atoms with Gasteiger partial charge in [0, 0.05) is 6.20 Å². The molecule has 1 rings (SSSR count). The van der Waals surface area contributed by atoms with E-state index in [1.807, 2.05) is 9.97 Å². The Morgan fingerprint density at radius 1 is 1.08 bits per heavy atom. The highest BCUT2D eigenvalue weighted by molar-refractivity contribution is 5.69. The Hall–Kier alpha value is -2.18. The first kappa shape index (κ1) is 8.91. The Morgan fingerprint density at radius 3 is 2.08 bits per heavy atom. The van der Waals surface area contributed by atoms with Crippen molar-refractivity contribution in [3.63, 3.8) is 0 Å². The Bertz CT molecular complexity index is 469. The lowest BCUT2D eigenvalue weighted by Gasteiger charge is -1.91. The van der Waals surface area contributed by atoms with Crippen LogP contribution in [0.4, 0.5) is 0 Å². The predicted molar refractivity (Wildman–Crippen MR) is 43.3 cm³/mol. The Labute approximate surface area is 70.4 Å². The molecule has 0 unspecified atom stereocenters. The van der Waals surface area contributed by atoms with Crippen LogP contribution in [0.15, 0.2) is 20.5 Å². The standard InChI is InChI=1S/C6H5N3O4/c10-3-1-2-9-5(12)7-4(11)8-6(9)13/h1-3H,(H2,7,8,11,12,13)/b2-1+. The topological polar surface area (TPSA) is 105 Å². The summed E-state index contributed by atoms with van der Waals surface area (Å²) in [7, 11) is 0. The second-order valence-electron chi connectivity index (χ2n) is 2.04. The van der Waals surface area contributed by atoms with Gasteiger partial charge in [0.15, 0.2) is 0 Å². The van der Waals surface area contributed by atoms with Crippen LogP contribution in [0.1, 0.15) is 0 Å². The summed E-state index contributed by atoms with van der Waals surface area (Å²) in [5.41, 5.74) is -2.68. The van der Waals surface area contributed by atoms with Crippen molar-refractivity contribution in [1.82, 2.24) is 14.5 Å². The van der Waals surface area contributed by atoms with E-state index in [9.17, 15) is 19.2 Å². The lowest BCUT2D eigenvalue weighted by atomic mass is 10.6. The number of carbonyl (C=O) groups is 1. The predicted octanol–water partition coefficient (Wildman–Crippen LogP) is -2.11. The minimum Gasteiger partial charge on any atom is -0.299 e. The first-order valence-corrected chi connectivity index (χ1v) is 3.22. The maximum absolute atomic E-state index is 10.9. The number of H-pyrrole nitrogens is 2. The van der Waals surface area contributed by atoms with Crippen molar-refractivity contribution in [1.29, 1.82) is 0 Å². The van der Waals surface area contributed by atoms with Crippen LogP contribution in [0.25, 0.3) is 6.20 Å². The molecular formula is C6H5N3O4. The molecule has 0 spiro atoms. The molecular weight excluding hydrogens is 178 g/mol. The molecule has 7 heteroatoms. The highest BCUT2D eigenvalue weighted by Gasteiger charge is 1.96. The van der Waals surface area contributed by atoms with Crippen LogP contribution in [0.3, 0.4) is 0 Å². The summed E-state index contributed by atoms with van der Waals surface area (Å²) in [6.45, 7) is 0. The molecule has 0 aliphatic rings. The molecule has 0 atom stereocenters. The third-order valence-corrected chi connectivity index (χ3v) is 1.19. The van der Waals surface area contributed by atoms with E-state index in [4.69, 9.17) is 0 Å². The number of carbonyl (C=O) groups excluding carboxylic acids is 1. The quantitative estimate of drug-likeness (QED) is 0.404. The van der Waals surface area contributed by atoms with Gasteiger partial charge >= 0.3 is 17.1 Å². The summed E-state index contributed by atoms with van der Waals surface area (Å²) in [5.74, 6) is 0. The molecule has 0 saturated carbocycles. The highest BCUT2D eigenvalue weighted by atomic mass is 16.2. The fourth-order valence-corrected chi connectivity index (χ4v) is 0.695. The number of aldehydes is 1. The van der Waals surface area contributed by atoms with Gasteiger partial charge in [0.1, 0.15) is 6.29 Å². The van der Waals surface area contributed by atoms with E-state index in [-0.39, 0.29) is 0 Å². The van der Waals surface area contributed by atoms with Crippen LogP contribution in [0.2, 0.25) is 0 Å². The summed E-state index contributed by atoms with van der Waals surface area (Å²) < 4.78 is 0.565. The highest BCUT2D eigenvalue weighted by Crippen LogP contribution is 1.67. The number of rotatable bonds is 2. The molecule has 1 aromatic heterocycles. The van der Waals surface area contributed by atoms with E-state index in [2.05, 4.69) is 0 Å². The summed E-state index contributed by atoms with van der Waals surface area (Å²) in [4.78, 5) is 45.8. The van der Waals surface area contributed by atoms with Gasteiger partial charge < -0.3 is 0 Å². The summed E-state index contributed by atoms with van der Waals surface area (Å²) >= 11 is 0. The van der Waals surface area contributed by atoms with Gasteiger partial charge in [-0.3, -0.25) is 14.8 Å². The minimum atomic E-state index is -0.896. The van der Waals surface area contributed by atoms with Gasteiger partial charge in [0.05, 0.1) is 0 Å². The Kier molecular flexibility index (Phi) is 2.38. The molecule has 7 nitrogen and oxygen atoms in total. The van der Waals surface area contributed by atoms with Gasteiger partial charge in [-0.25, -0.2) is 19.0 Å².